The molecule has 126 valence electrons. The lowest BCUT2D eigenvalue weighted by Crippen LogP contribution is -2.45. The zero-order valence-corrected chi connectivity index (χ0v) is 13.2. The van der Waals surface area contributed by atoms with Gasteiger partial charge in [-0.2, -0.15) is 0 Å². The Morgan fingerprint density at radius 3 is 2.43 bits per heavy atom. The molecule has 0 spiro atoms. The molecule has 1 saturated carbocycles. The quantitative estimate of drug-likeness (QED) is 0.843. The van der Waals surface area contributed by atoms with E-state index in [0.29, 0.717) is 25.7 Å². The number of hydrogen-bond donors (Lipinski definition) is 2. The van der Waals surface area contributed by atoms with Gasteiger partial charge in [0.15, 0.2) is 0 Å². The van der Waals surface area contributed by atoms with Crippen molar-refractivity contribution in [2.24, 2.45) is 17.7 Å². The number of carboxylic acids is 1. The molecule has 1 aromatic carbocycles. The molecule has 0 aromatic heterocycles. The van der Waals surface area contributed by atoms with E-state index in [9.17, 15) is 14.7 Å². The maximum Gasteiger partial charge on any atom is 0.326 e. The standard InChI is InChI=1S/C19H27NO3/c1-13(2)15-8-10-16(11-9-15)18(21)20-17(19(22)23)12-14-6-4-3-5-7-14/h3-7,13,15-17H,8-12H2,1-2H3,(H,20,21)(H,22,23)/t15?,16?,17-/m0/s1/i3D,4D,5D,6D,7D,12D2,13D,17D. The van der Waals surface area contributed by atoms with E-state index in [1.165, 1.54) is 0 Å². The van der Waals surface area contributed by atoms with Gasteiger partial charge in [-0.15, -0.1) is 0 Å². The van der Waals surface area contributed by atoms with Gasteiger partial charge in [0.2, 0.25) is 5.91 Å². The maximum absolute atomic E-state index is 12.8. The van der Waals surface area contributed by atoms with Crippen LogP contribution in [0.1, 0.15) is 57.4 Å². The van der Waals surface area contributed by atoms with Crippen LogP contribution in [0.25, 0.3) is 0 Å². The summed E-state index contributed by atoms with van der Waals surface area (Å²) in [6, 6.07) is -7.84. The molecule has 23 heavy (non-hydrogen) atoms. The highest BCUT2D eigenvalue weighted by atomic mass is 16.4. The molecule has 1 fully saturated rings. The van der Waals surface area contributed by atoms with E-state index >= 15 is 0 Å². The van der Waals surface area contributed by atoms with E-state index in [0.717, 1.165) is 0 Å². The van der Waals surface area contributed by atoms with Gasteiger partial charge in [-0.05, 0) is 43.1 Å². The second-order valence-corrected chi connectivity index (χ2v) is 5.92. The Labute approximate surface area is 150 Å². The molecule has 4 nitrogen and oxygen atoms in total. The fourth-order valence-corrected chi connectivity index (χ4v) is 2.73. The van der Waals surface area contributed by atoms with Crippen LogP contribution in [0.3, 0.4) is 0 Å². The molecule has 0 radical (unpaired) electrons. The molecule has 1 aliphatic carbocycles. The van der Waals surface area contributed by atoms with Crippen molar-refractivity contribution in [3.8, 4) is 0 Å². The van der Waals surface area contributed by atoms with Crippen LogP contribution in [0.5, 0.6) is 0 Å². The van der Waals surface area contributed by atoms with Gasteiger partial charge in [-0.3, -0.25) is 4.79 Å². The zero-order chi connectivity index (χ0) is 24.8. The second kappa shape index (κ2) is 8.14. The average molecular weight is 326 g/mol. The summed E-state index contributed by atoms with van der Waals surface area (Å²) in [6.07, 6.45) is -1.59. The Hall–Kier alpha value is -1.84. The number of nitrogens with one attached hydrogen (secondary N) is 1. The molecule has 1 atom stereocenters. The van der Waals surface area contributed by atoms with Crippen LogP contribution in [-0.2, 0) is 16.0 Å². The Kier molecular flexibility index (Phi) is 3.13. The molecule has 0 unspecified atom stereocenters. The van der Waals surface area contributed by atoms with Gasteiger partial charge in [0.1, 0.15) is 6.02 Å². The number of carbonyl (C=O) groups is 2. The van der Waals surface area contributed by atoms with Crippen molar-refractivity contribution >= 4 is 11.9 Å². The van der Waals surface area contributed by atoms with Crippen molar-refractivity contribution < 1.29 is 27.0 Å². The third-order valence-corrected chi connectivity index (χ3v) is 4.13. The van der Waals surface area contributed by atoms with Crippen molar-refractivity contribution in [3.05, 3.63) is 35.8 Å². The van der Waals surface area contributed by atoms with Crippen molar-refractivity contribution in [3.63, 3.8) is 0 Å². The zero-order valence-electron chi connectivity index (χ0n) is 22.2. The summed E-state index contributed by atoms with van der Waals surface area (Å²) in [7, 11) is 0. The van der Waals surface area contributed by atoms with Gasteiger partial charge in [-0.25, -0.2) is 4.79 Å². The second-order valence-electron chi connectivity index (χ2n) is 5.92. The third-order valence-electron chi connectivity index (χ3n) is 4.13. The van der Waals surface area contributed by atoms with Gasteiger partial charge in [-0.1, -0.05) is 44.1 Å². The number of carboxylic acid groups (broad SMARTS) is 1. The summed E-state index contributed by atoms with van der Waals surface area (Å²) < 4.78 is 72.0. The number of carbonyl (C=O) groups excluding carboxylic acids is 1. The molecule has 4 heteroatoms. The first-order chi connectivity index (χ1) is 14.5. The van der Waals surface area contributed by atoms with Gasteiger partial charge >= 0.3 is 5.97 Å². The van der Waals surface area contributed by atoms with Crippen LogP contribution in [0.15, 0.2) is 30.2 Å². The molecule has 0 bridgehead atoms. The first kappa shape index (κ1) is 8.86. The molecular formula is C19H27NO3. The van der Waals surface area contributed by atoms with Gasteiger partial charge in [0, 0.05) is 16.4 Å². The monoisotopic (exact) mass is 326 g/mol. The van der Waals surface area contributed by atoms with Crippen LogP contribution in [0, 0.1) is 17.7 Å². The minimum Gasteiger partial charge on any atom is -0.480 e. The predicted octanol–water partition coefficient (Wildman–Crippen LogP) is 3.26. The molecule has 1 amide bonds. The molecule has 2 N–H and O–H groups in total. The maximum atomic E-state index is 12.8. The Morgan fingerprint density at radius 1 is 1.30 bits per heavy atom. The number of rotatable bonds is 6. The van der Waals surface area contributed by atoms with E-state index in [2.05, 4.69) is 0 Å². The Morgan fingerprint density at radius 2 is 1.91 bits per heavy atom. The van der Waals surface area contributed by atoms with Crippen LogP contribution >= 0.6 is 0 Å². The molecule has 0 heterocycles. The smallest absolute Gasteiger partial charge is 0.326 e. The predicted molar refractivity (Wildman–Crippen MR) is 90.0 cm³/mol. The van der Waals surface area contributed by atoms with Crippen LogP contribution in [0.4, 0.5) is 0 Å². The van der Waals surface area contributed by atoms with Gasteiger partial charge in [0.25, 0.3) is 0 Å². The minimum atomic E-state index is -3.36. The molecule has 0 aliphatic heterocycles. The largest absolute Gasteiger partial charge is 0.480 e. The topological polar surface area (TPSA) is 66.4 Å². The third kappa shape index (κ3) is 5.08. The normalized spacial score (nSPS) is 30.6. The average Bonchev–Trinajstić information content (AvgIpc) is 2.69. The van der Waals surface area contributed by atoms with E-state index in [4.69, 9.17) is 12.3 Å². The van der Waals surface area contributed by atoms with Gasteiger partial charge in [0.05, 0.1) is 8.22 Å². The van der Waals surface area contributed by atoms with E-state index in [1.807, 2.05) is 5.32 Å². The van der Waals surface area contributed by atoms with Crippen molar-refractivity contribution in [1.29, 1.82) is 0 Å². The van der Waals surface area contributed by atoms with E-state index in [-0.39, 0.29) is 5.92 Å². The number of hydrogen-bond acceptors (Lipinski definition) is 2. The summed E-state index contributed by atoms with van der Waals surface area (Å²) in [4.78, 5) is 24.8. The first-order valence-corrected chi connectivity index (χ1v) is 7.59. The van der Waals surface area contributed by atoms with Crippen molar-refractivity contribution in [2.45, 2.75) is 51.9 Å². The summed E-state index contributed by atoms with van der Waals surface area (Å²) in [5.41, 5.74) is -1.01. The van der Waals surface area contributed by atoms with E-state index < -0.39 is 71.9 Å². The molecule has 0 saturated heterocycles. The molecular weight excluding hydrogens is 290 g/mol. The molecule has 1 aliphatic rings. The molecule has 2 rings (SSSR count). The summed E-state index contributed by atoms with van der Waals surface area (Å²) in [5, 5.41) is 11.6. The van der Waals surface area contributed by atoms with E-state index in [1.54, 1.807) is 13.8 Å². The highest BCUT2D eigenvalue weighted by Crippen LogP contribution is 2.33. The molecule has 1 aromatic rings. The number of benzene rings is 1. The Balaban J connectivity index is 2.41. The van der Waals surface area contributed by atoms with Gasteiger partial charge < -0.3 is 10.4 Å². The Bertz CT molecular complexity index is 895. The fourth-order valence-electron chi connectivity index (χ4n) is 2.73. The highest BCUT2D eigenvalue weighted by molar-refractivity contribution is 5.85. The number of aliphatic carboxylic acids is 1. The van der Waals surface area contributed by atoms with Crippen molar-refractivity contribution in [2.75, 3.05) is 0 Å². The van der Waals surface area contributed by atoms with Crippen LogP contribution in [-0.4, -0.2) is 23.0 Å². The number of amides is 1. The fraction of sp³-hybridized carbons (Fsp3) is 0.579. The lowest BCUT2D eigenvalue weighted by Gasteiger charge is -2.30. The summed E-state index contributed by atoms with van der Waals surface area (Å²) >= 11 is 0. The van der Waals surface area contributed by atoms with Crippen molar-refractivity contribution in [1.82, 2.24) is 5.32 Å². The summed E-state index contributed by atoms with van der Waals surface area (Å²) in [5.74, 6) is -4.26. The summed E-state index contributed by atoms with van der Waals surface area (Å²) in [6.45, 7) is 3.54. The van der Waals surface area contributed by atoms with Crippen LogP contribution < -0.4 is 5.32 Å². The first-order valence-electron chi connectivity index (χ1n) is 12.1. The lowest BCUT2D eigenvalue weighted by molar-refractivity contribution is -0.142. The minimum absolute atomic E-state index is 0.0457. The highest BCUT2D eigenvalue weighted by Gasteiger charge is 2.30. The van der Waals surface area contributed by atoms with Crippen LogP contribution in [0.2, 0.25) is 0 Å². The lowest BCUT2D eigenvalue weighted by atomic mass is 9.76. The SMILES string of the molecule is [2H]c1c([2H])c([2H])c(C([2H])([2H])[C@]([2H])(NC(=O)C2CCC(C([2H])(C)C)CC2)C(=O)O)c([2H])c1[2H].